The van der Waals surface area contributed by atoms with Crippen molar-refractivity contribution in [3.05, 3.63) is 52.6 Å². The molecule has 2 heterocycles. The predicted octanol–water partition coefficient (Wildman–Crippen LogP) is 1.20. The Labute approximate surface area is 125 Å². The van der Waals surface area contributed by atoms with E-state index < -0.39 is 18.1 Å². The van der Waals surface area contributed by atoms with Gasteiger partial charge < -0.3 is 5.11 Å². The Morgan fingerprint density at radius 2 is 2.00 bits per heavy atom. The van der Waals surface area contributed by atoms with Crippen molar-refractivity contribution in [3.63, 3.8) is 0 Å². The first-order chi connectivity index (χ1) is 10.6. The number of carbonyl (C=O) groups is 1. The molecule has 0 atom stereocenters. The van der Waals surface area contributed by atoms with Crippen LogP contribution in [0.5, 0.6) is 0 Å². The summed E-state index contributed by atoms with van der Waals surface area (Å²) in [6.45, 7) is 1.61. The Bertz CT molecular complexity index is 893. The van der Waals surface area contributed by atoms with Crippen LogP contribution in [0.4, 0.5) is 0 Å². The molecule has 0 fully saturated rings. The smallest absolute Gasteiger partial charge is 0.325 e. The second-order valence-corrected chi connectivity index (χ2v) is 4.90. The van der Waals surface area contributed by atoms with E-state index in [-0.39, 0.29) is 0 Å². The third kappa shape index (κ3) is 2.48. The number of fused-ring (bicyclic) bond motifs is 1. The molecule has 3 aromatic rings. The largest absolute Gasteiger partial charge is 0.480 e. The van der Waals surface area contributed by atoms with Gasteiger partial charge >= 0.3 is 5.97 Å². The molecule has 1 aromatic carbocycles. The number of benzene rings is 1. The van der Waals surface area contributed by atoms with E-state index in [2.05, 4.69) is 17.1 Å². The molecule has 0 radical (unpaired) electrons. The highest BCUT2D eigenvalue weighted by molar-refractivity contribution is 5.67. The van der Waals surface area contributed by atoms with Gasteiger partial charge in [-0.1, -0.05) is 31.2 Å². The first-order valence-corrected chi connectivity index (χ1v) is 6.85. The van der Waals surface area contributed by atoms with Gasteiger partial charge in [0.15, 0.2) is 0 Å². The standard InChI is InChI=1S/C15H14N4O3/c1-2-10-3-5-11(6-4-10)12-7-13-15(22)18(8-14(20)21)16-9-19(13)17-12/h3-7,9H,2,8H2,1H3,(H,20,21). The molecule has 0 aliphatic rings. The van der Waals surface area contributed by atoms with E-state index in [0.29, 0.717) is 11.2 Å². The average Bonchev–Trinajstić information content (AvgIpc) is 2.95. The molecule has 1 N–H and O–H groups in total. The van der Waals surface area contributed by atoms with Crippen molar-refractivity contribution in [1.29, 1.82) is 0 Å². The second kappa shape index (κ2) is 5.44. The minimum absolute atomic E-state index is 0.297. The summed E-state index contributed by atoms with van der Waals surface area (Å²) in [7, 11) is 0. The zero-order valence-corrected chi connectivity index (χ0v) is 11.9. The lowest BCUT2D eigenvalue weighted by Gasteiger charge is -1.99. The van der Waals surface area contributed by atoms with E-state index in [9.17, 15) is 9.59 Å². The molecule has 0 aliphatic carbocycles. The summed E-state index contributed by atoms with van der Waals surface area (Å²) >= 11 is 0. The molecule has 0 unspecified atom stereocenters. The van der Waals surface area contributed by atoms with Crippen LogP contribution in [-0.4, -0.2) is 30.5 Å². The minimum Gasteiger partial charge on any atom is -0.480 e. The lowest BCUT2D eigenvalue weighted by Crippen LogP contribution is -2.27. The van der Waals surface area contributed by atoms with E-state index in [4.69, 9.17) is 5.11 Å². The van der Waals surface area contributed by atoms with Crippen molar-refractivity contribution in [1.82, 2.24) is 19.4 Å². The molecule has 7 heteroatoms. The van der Waals surface area contributed by atoms with Crippen molar-refractivity contribution in [2.45, 2.75) is 19.9 Å². The summed E-state index contributed by atoms with van der Waals surface area (Å²) in [6.07, 6.45) is 2.29. The first-order valence-electron chi connectivity index (χ1n) is 6.85. The highest BCUT2D eigenvalue weighted by Crippen LogP contribution is 2.19. The Kier molecular flexibility index (Phi) is 3.46. The summed E-state index contributed by atoms with van der Waals surface area (Å²) < 4.78 is 2.27. The fourth-order valence-electron chi connectivity index (χ4n) is 2.23. The molecule has 22 heavy (non-hydrogen) atoms. The number of nitrogens with zero attached hydrogens (tertiary/aromatic N) is 4. The minimum atomic E-state index is -1.12. The van der Waals surface area contributed by atoms with Gasteiger partial charge in [-0.25, -0.2) is 9.20 Å². The molecule has 0 spiro atoms. The van der Waals surface area contributed by atoms with Crippen molar-refractivity contribution in [2.24, 2.45) is 0 Å². The quantitative estimate of drug-likeness (QED) is 0.782. The summed E-state index contributed by atoms with van der Waals surface area (Å²) in [4.78, 5) is 22.9. The number of aliphatic carboxylic acids is 1. The van der Waals surface area contributed by atoms with Crippen molar-refractivity contribution >= 4 is 11.5 Å². The van der Waals surface area contributed by atoms with Crippen LogP contribution in [-0.2, 0) is 17.8 Å². The van der Waals surface area contributed by atoms with Crippen molar-refractivity contribution in [2.75, 3.05) is 0 Å². The van der Waals surface area contributed by atoms with Gasteiger partial charge in [-0.3, -0.25) is 9.59 Å². The SMILES string of the molecule is CCc1ccc(-c2cc3c(=O)n(CC(=O)O)ncn3n2)cc1. The van der Waals surface area contributed by atoms with E-state index in [1.54, 1.807) is 6.07 Å². The van der Waals surface area contributed by atoms with Crippen molar-refractivity contribution < 1.29 is 9.90 Å². The maximum absolute atomic E-state index is 12.2. The van der Waals surface area contributed by atoms with Gasteiger partial charge in [0.05, 0.1) is 5.69 Å². The fourth-order valence-corrected chi connectivity index (χ4v) is 2.23. The van der Waals surface area contributed by atoms with Gasteiger partial charge in [-0.15, -0.1) is 0 Å². The topological polar surface area (TPSA) is 89.5 Å². The number of hydrogen-bond acceptors (Lipinski definition) is 4. The monoisotopic (exact) mass is 298 g/mol. The van der Waals surface area contributed by atoms with Crippen LogP contribution in [0.25, 0.3) is 16.8 Å². The number of hydrogen-bond donors (Lipinski definition) is 1. The van der Waals surface area contributed by atoms with Crippen LogP contribution in [0.2, 0.25) is 0 Å². The number of aromatic nitrogens is 4. The molecule has 7 nitrogen and oxygen atoms in total. The van der Waals surface area contributed by atoms with Crippen LogP contribution < -0.4 is 5.56 Å². The summed E-state index contributed by atoms with van der Waals surface area (Å²) in [6, 6.07) is 9.57. The number of aryl methyl sites for hydroxylation is 1. The molecule has 0 saturated heterocycles. The van der Waals surface area contributed by atoms with E-state index in [0.717, 1.165) is 16.7 Å². The van der Waals surface area contributed by atoms with Crippen LogP contribution in [0, 0.1) is 0 Å². The highest BCUT2D eigenvalue weighted by Gasteiger charge is 2.11. The van der Waals surface area contributed by atoms with Gasteiger partial charge in [-0.2, -0.15) is 10.2 Å². The van der Waals surface area contributed by atoms with E-state index in [1.165, 1.54) is 16.4 Å². The normalized spacial score (nSPS) is 11.0. The van der Waals surface area contributed by atoms with Gasteiger partial charge in [0.25, 0.3) is 5.56 Å². The molecular formula is C15H14N4O3. The van der Waals surface area contributed by atoms with E-state index >= 15 is 0 Å². The Hall–Kier alpha value is -2.96. The molecule has 0 bridgehead atoms. The number of carboxylic acid groups (broad SMARTS) is 1. The van der Waals surface area contributed by atoms with Crippen molar-refractivity contribution in [3.8, 4) is 11.3 Å². The second-order valence-electron chi connectivity index (χ2n) is 4.90. The third-order valence-electron chi connectivity index (χ3n) is 3.43. The fraction of sp³-hybridized carbons (Fsp3) is 0.200. The molecule has 0 amide bonds. The first kappa shape index (κ1) is 14.0. The molecule has 2 aromatic heterocycles. The Morgan fingerprint density at radius 1 is 1.27 bits per heavy atom. The summed E-state index contributed by atoms with van der Waals surface area (Å²) in [5.41, 5.74) is 2.58. The maximum atomic E-state index is 12.2. The lowest BCUT2D eigenvalue weighted by molar-refractivity contribution is -0.138. The number of rotatable bonds is 4. The average molecular weight is 298 g/mol. The van der Waals surface area contributed by atoms with Gasteiger partial charge in [0, 0.05) is 5.56 Å². The van der Waals surface area contributed by atoms with Crippen LogP contribution in [0.3, 0.4) is 0 Å². The molecule has 0 aliphatic heterocycles. The third-order valence-corrected chi connectivity index (χ3v) is 3.43. The van der Waals surface area contributed by atoms with E-state index in [1.807, 2.05) is 24.3 Å². The molecule has 3 rings (SSSR count). The van der Waals surface area contributed by atoms with Crippen LogP contribution in [0.1, 0.15) is 12.5 Å². The Balaban J connectivity index is 2.07. The van der Waals surface area contributed by atoms with Crippen LogP contribution >= 0.6 is 0 Å². The predicted molar refractivity (Wildman–Crippen MR) is 79.7 cm³/mol. The van der Waals surface area contributed by atoms with Gasteiger partial charge in [0.1, 0.15) is 18.4 Å². The number of carboxylic acids is 1. The molecular weight excluding hydrogens is 284 g/mol. The Morgan fingerprint density at radius 3 is 2.64 bits per heavy atom. The molecule has 0 saturated carbocycles. The zero-order chi connectivity index (χ0) is 15.7. The zero-order valence-electron chi connectivity index (χ0n) is 11.9. The summed E-state index contributed by atoms with van der Waals surface area (Å²) in [5.74, 6) is -1.12. The molecule has 112 valence electrons. The van der Waals surface area contributed by atoms with Gasteiger partial charge in [-0.05, 0) is 18.1 Å². The van der Waals surface area contributed by atoms with Gasteiger partial charge in [0.2, 0.25) is 0 Å². The van der Waals surface area contributed by atoms with Crippen LogP contribution in [0.15, 0.2) is 41.5 Å². The highest BCUT2D eigenvalue weighted by atomic mass is 16.4. The summed E-state index contributed by atoms with van der Waals surface area (Å²) in [5, 5.41) is 16.9. The lowest BCUT2D eigenvalue weighted by atomic mass is 10.1. The maximum Gasteiger partial charge on any atom is 0.325 e.